The number of aryl methyl sites for hydroxylation is 2. The van der Waals surface area contributed by atoms with Crippen molar-refractivity contribution in [1.82, 2.24) is 0 Å². The molecule has 0 amide bonds. The van der Waals surface area contributed by atoms with Gasteiger partial charge in [-0.15, -0.1) is 22.7 Å². The molecule has 0 atom stereocenters. The molecule has 0 saturated carbocycles. The molecule has 140 heavy (non-hydrogen) atoms. The smallest absolute Gasteiger partial charge is 0.0313 e. The maximum atomic E-state index is 5.36. The van der Waals surface area contributed by atoms with E-state index in [1.807, 2.05) is 50.1 Å². The Kier molecular flexibility index (Phi) is 55.6. The number of hydrogen-bond acceptors (Lipinski definition) is 5. The van der Waals surface area contributed by atoms with Crippen molar-refractivity contribution in [2.24, 2.45) is 0 Å². The molecule has 720 valence electrons. The number of rotatable bonds is 24. The van der Waals surface area contributed by atoms with Crippen molar-refractivity contribution in [3.8, 4) is 20.9 Å². The quantitative estimate of drug-likeness (QED) is 0.0364. The van der Waals surface area contributed by atoms with E-state index in [2.05, 4.69) is 596 Å². The first-order valence-corrected chi connectivity index (χ1v) is 68.7. The molecule has 0 spiro atoms. The van der Waals surface area contributed by atoms with Gasteiger partial charge in [0, 0.05) is 83.7 Å². The Morgan fingerprint density at radius 2 is 0.464 bits per heavy atom. The van der Waals surface area contributed by atoms with Crippen LogP contribution in [0.5, 0.6) is 0 Å². The number of nitrogens with two attached hydrogens (primary N) is 1. The van der Waals surface area contributed by atoms with E-state index in [1.165, 1.54) is 152 Å². The molecule has 19 heteroatoms. The summed E-state index contributed by atoms with van der Waals surface area (Å²) in [7, 11) is -1.78. The SMILES string of the molecule is Brc1cc(-c2sccc2Br)c(Br)cc1-c1sccc1Br.Brc1ccsc1.C.CCC[CH2][Sn]([CH2]CCC)([CH2]CCC)[c]1sccc1Br.Cc1cc(Br)c(C)cc1Br.Nc1ccccc1.[Pd].c1ccc(P(c2ccccc2)c2ccccc2)cc1.c1ccc(P(c2ccccc2)c2ccccc2)cc1.c1ccc(P(c2ccccc2)c2ccccc2)cc1.c1ccc(P(c2ccccc2)c2ccccc2)cc1. The van der Waals surface area contributed by atoms with Crippen LogP contribution in [0.1, 0.15) is 77.8 Å². The monoisotopic (exact) mass is 2690 g/mol. The molecular weight excluding hydrogens is 2580 g/mol. The number of nitrogen functional groups attached to an aromatic ring is 1. The van der Waals surface area contributed by atoms with E-state index in [-0.39, 0.29) is 27.8 Å². The fourth-order valence-corrected chi connectivity index (χ4v) is 54.4. The zero-order valence-electron chi connectivity index (χ0n) is 78.2. The number of benzene rings is 15. The van der Waals surface area contributed by atoms with Crippen LogP contribution in [0.2, 0.25) is 13.3 Å². The minimum atomic E-state index is -2.12. The third-order valence-electron chi connectivity index (χ3n) is 21.8. The predicted octanol–water partition coefficient (Wildman–Crippen LogP) is 36.8. The normalized spacial score (nSPS) is 10.5. The first-order valence-electron chi connectivity index (χ1n) is 45.9. The number of halogens is 8. The van der Waals surface area contributed by atoms with Crippen molar-refractivity contribution < 1.29 is 20.4 Å². The van der Waals surface area contributed by atoms with Crippen molar-refractivity contribution in [2.45, 2.75) is 93.9 Å². The van der Waals surface area contributed by atoms with Crippen LogP contribution in [0, 0.1) is 13.8 Å². The summed E-state index contributed by atoms with van der Waals surface area (Å²) in [6.45, 7) is 11.2. The average molecular weight is 2700 g/mol. The number of anilines is 1. The van der Waals surface area contributed by atoms with Crippen LogP contribution in [-0.2, 0) is 20.4 Å². The summed E-state index contributed by atoms with van der Waals surface area (Å²) in [6, 6.07) is 156. The summed E-state index contributed by atoms with van der Waals surface area (Å²) < 4.78 is 16.0. The molecule has 0 bridgehead atoms. The molecule has 0 aliphatic rings. The van der Waals surface area contributed by atoms with E-state index in [9.17, 15) is 0 Å². The molecule has 0 radical (unpaired) electrons. The summed E-state index contributed by atoms with van der Waals surface area (Å²) in [5.41, 5.74) is 11.1. The van der Waals surface area contributed by atoms with Crippen LogP contribution >= 0.6 is 204 Å². The van der Waals surface area contributed by atoms with E-state index in [1.54, 1.807) is 47.3 Å². The number of hydrogen-bond donors (Lipinski definition) is 1. The Bertz CT molecular complexity index is 5560. The summed E-state index contributed by atoms with van der Waals surface area (Å²) in [4.78, 5) is 2.46. The Hall–Kier alpha value is -6.08. The van der Waals surface area contributed by atoms with E-state index in [0.717, 1.165) is 23.6 Å². The molecular formula is C121H117Br8NP4PdS4Sn. The van der Waals surface area contributed by atoms with Gasteiger partial charge in [0.05, 0.1) is 0 Å². The van der Waals surface area contributed by atoms with Crippen molar-refractivity contribution in [2.75, 3.05) is 5.73 Å². The summed E-state index contributed by atoms with van der Waals surface area (Å²) >= 11 is 33.7. The van der Waals surface area contributed by atoms with E-state index in [4.69, 9.17) is 5.73 Å². The average Bonchev–Trinajstić information content (AvgIpc) is 1.82. The van der Waals surface area contributed by atoms with Crippen molar-refractivity contribution in [3.63, 3.8) is 0 Å². The summed E-state index contributed by atoms with van der Waals surface area (Å²) in [6.07, 6.45) is 8.44. The van der Waals surface area contributed by atoms with Gasteiger partial charge in [-0.2, -0.15) is 11.3 Å². The molecule has 0 unspecified atom stereocenters. The second kappa shape index (κ2) is 66.2. The van der Waals surface area contributed by atoms with Gasteiger partial charge in [-0.05, 0) is 239 Å². The first-order chi connectivity index (χ1) is 67.5. The van der Waals surface area contributed by atoms with Crippen LogP contribution in [0.4, 0.5) is 5.69 Å². The Balaban J connectivity index is 0.000000179. The van der Waals surface area contributed by atoms with Gasteiger partial charge in [0.1, 0.15) is 0 Å². The van der Waals surface area contributed by atoms with Gasteiger partial charge in [-0.3, -0.25) is 0 Å². The van der Waals surface area contributed by atoms with Gasteiger partial charge in [0.2, 0.25) is 0 Å². The number of thiophene rings is 4. The van der Waals surface area contributed by atoms with Crippen LogP contribution in [0.25, 0.3) is 20.9 Å². The fraction of sp³-hybridized carbons (Fsp3) is 0.124. The predicted molar refractivity (Wildman–Crippen MR) is 662 cm³/mol. The van der Waals surface area contributed by atoms with Gasteiger partial charge < -0.3 is 5.73 Å². The molecule has 0 aliphatic heterocycles. The zero-order chi connectivity index (χ0) is 97.3. The zero-order valence-corrected chi connectivity index (χ0v) is 102. The summed E-state index contributed by atoms with van der Waals surface area (Å²) in [5.74, 6) is 0. The second-order valence-electron chi connectivity index (χ2n) is 31.8. The van der Waals surface area contributed by atoms with E-state index < -0.39 is 50.1 Å². The van der Waals surface area contributed by atoms with Gasteiger partial charge in [0.25, 0.3) is 0 Å². The molecule has 2 N–H and O–H groups in total. The van der Waals surface area contributed by atoms with Crippen LogP contribution in [0.3, 0.4) is 0 Å². The number of unbranched alkanes of at least 4 members (excludes halogenated alkanes) is 3. The maximum Gasteiger partial charge on any atom is 0.0313 e. The standard InChI is InChI=1S/4C18H15P.C14H6Br4S2.C8H8Br2.C6H7N.C4H3BrS.C4H2BrS.3C4H9.CH4.Pd.Sn/c4*1-4-10-16(11-5-1)19(17-12-6-2-7-13-17)18-14-8-3-9-15-18;15-9-1-3-19-13(9)7-5-12(18)8(6-11(7)17)14-10(16)2-4-20-14;1-5-3-8(10)6(2)4-7(5)9;7-6-4-2-1-3-5-6;2*5-4-1-2-6-3-4;3*1-3-4-2;;;/h4*1-15H;1-6H;3-4H,1-2H3;1-5H,7H2;1-3H;1-2H;3*1,3-4H2,2H3;1H4;;. The van der Waals surface area contributed by atoms with Gasteiger partial charge in [-0.1, -0.05) is 453 Å². The molecule has 4 aromatic heterocycles. The molecule has 15 aromatic carbocycles. The minimum Gasteiger partial charge on any atom is -0.399 e. The van der Waals surface area contributed by atoms with Crippen molar-refractivity contribution in [3.05, 3.63) is 517 Å². The molecule has 4 heterocycles. The molecule has 0 saturated heterocycles. The van der Waals surface area contributed by atoms with E-state index >= 15 is 0 Å². The molecule has 0 fully saturated rings. The third kappa shape index (κ3) is 38.0. The van der Waals surface area contributed by atoms with Crippen LogP contribution in [0.15, 0.2) is 506 Å². The minimum absolute atomic E-state index is 0. The molecule has 19 aromatic rings. The number of para-hydroxylation sites is 1. The molecule has 1 nitrogen and oxygen atoms in total. The topological polar surface area (TPSA) is 26.0 Å². The van der Waals surface area contributed by atoms with Gasteiger partial charge in [0.15, 0.2) is 0 Å². The largest absolute Gasteiger partial charge is 0.399 e. The second-order valence-corrected chi connectivity index (χ2v) is 65.1. The Labute approximate surface area is 940 Å². The van der Waals surface area contributed by atoms with Crippen LogP contribution < -0.4 is 72.3 Å². The van der Waals surface area contributed by atoms with Crippen LogP contribution in [-0.4, -0.2) is 18.4 Å². The van der Waals surface area contributed by atoms with Crippen molar-refractivity contribution >= 4 is 295 Å². The molecule has 0 aliphatic carbocycles. The first kappa shape index (κ1) is 117. The Morgan fingerprint density at radius 3 is 0.621 bits per heavy atom. The van der Waals surface area contributed by atoms with Gasteiger partial charge in [-0.25, -0.2) is 0 Å². The fourth-order valence-electron chi connectivity index (χ4n) is 15.0. The van der Waals surface area contributed by atoms with Crippen molar-refractivity contribution in [1.29, 1.82) is 0 Å². The van der Waals surface area contributed by atoms with E-state index in [0.29, 0.717) is 0 Å². The maximum absolute atomic E-state index is 5.36. The van der Waals surface area contributed by atoms with Gasteiger partial charge >= 0.3 is 137 Å². The third-order valence-corrected chi connectivity index (χ3v) is 61.2. The summed E-state index contributed by atoms with van der Waals surface area (Å²) in [5, 5.41) is 27.3. The Morgan fingerprint density at radius 1 is 0.250 bits per heavy atom. The molecule has 19 rings (SSSR count).